The van der Waals surface area contributed by atoms with Crippen molar-refractivity contribution in [1.29, 1.82) is 0 Å². The second-order valence-electron chi connectivity index (χ2n) is 16.1. The predicted octanol–water partition coefficient (Wildman–Crippen LogP) is -8.31. The number of aliphatic hydroxyl groups excluding tert-OH is 5. The maximum atomic E-state index is 13.1. The summed E-state index contributed by atoms with van der Waals surface area (Å²) in [7, 11) is 0. The fourth-order valence-electron chi connectivity index (χ4n) is 8.28. The molecule has 6 aliphatic rings. The molecule has 0 aromatic heterocycles. The van der Waals surface area contributed by atoms with Gasteiger partial charge < -0.3 is 109 Å². The van der Waals surface area contributed by atoms with Gasteiger partial charge in [-0.05, 0) is 32.4 Å². The van der Waals surface area contributed by atoms with Crippen LogP contribution in [0.15, 0.2) is 12.2 Å². The lowest BCUT2D eigenvalue weighted by Crippen LogP contribution is -2.69. The molecule has 2 aliphatic carbocycles. The van der Waals surface area contributed by atoms with Crippen LogP contribution in [0, 0.1) is 0 Å². The van der Waals surface area contributed by atoms with Gasteiger partial charge in [-0.15, -0.1) is 0 Å². The highest BCUT2D eigenvalue weighted by Gasteiger charge is 2.55. The molecule has 56 heavy (non-hydrogen) atoms. The van der Waals surface area contributed by atoms with E-state index in [0.717, 1.165) is 0 Å². The largest absolute Gasteiger partial charge is 0.394 e. The van der Waals surface area contributed by atoms with Crippen molar-refractivity contribution in [3.63, 3.8) is 0 Å². The number of nitrogens with one attached hydrogen (secondary N) is 3. The smallest absolute Gasteiger partial charge is 0.252 e. The summed E-state index contributed by atoms with van der Waals surface area (Å²) in [6, 6.07) is -4.44. The summed E-state index contributed by atoms with van der Waals surface area (Å²) in [6.45, 7) is 1.23. The molecule has 4 heterocycles. The predicted molar refractivity (Wildman–Crippen MR) is 192 cm³/mol. The molecule has 22 heteroatoms. The fraction of sp³-hybridized carbons (Fsp3) is 0.912. The third kappa shape index (κ3) is 9.55. The molecule has 2 saturated carbocycles. The van der Waals surface area contributed by atoms with Gasteiger partial charge in [0.05, 0.1) is 36.4 Å². The second kappa shape index (κ2) is 18.4. The van der Waals surface area contributed by atoms with Gasteiger partial charge in [-0.1, -0.05) is 12.2 Å². The highest BCUT2D eigenvalue weighted by molar-refractivity contribution is 5.86. The topological polar surface area (TPSA) is 380 Å². The summed E-state index contributed by atoms with van der Waals surface area (Å²) in [6.07, 6.45) is -12.3. The van der Waals surface area contributed by atoms with Gasteiger partial charge in [0.25, 0.3) is 5.91 Å². The Morgan fingerprint density at radius 3 is 2.14 bits per heavy atom. The first-order chi connectivity index (χ1) is 26.6. The SMILES string of the molecule is NC[C@@H]1O[C@H](O[C@H]2[C@@H](O)[C@H](O[C@@H]3[C@@H](O)[C@H](NC(=O)C4(O)CC(N)C4)C[C@H](N)[C@H]3O[C@H]3O[C@H](CNCC4(O)CCNCC4)C=C[C@H]3N)O[C@@H]2CO)[C@H](N)[C@@H](O)[C@@H]1O. The first kappa shape index (κ1) is 44.0. The van der Waals surface area contributed by atoms with Gasteiger partial charge >= 0.3 is 0 Å². The van der Waals surface area contributed by atoms with Crippen LogP contribution in [0.3, 0.4) is 0 Å². The first-order valence-electron chi connectivity index (χ1n) is 19.4. The van der Waals surface area contributed by atoms with Gasteiger partial charge in [0.1, 0.15) is 60.5 Å². The van der Waals surface area contributed by atoms with Crippen LogP contribution in [0.1, 0.15) is 32.1 Å². The third-order valence-corrected chi connectivity index (χ3v) is 11.8. The molecule has 1 amide bonds. The highest BCUT2D eigenvalue weighted by atomic mass is 16.8. The number of carbonyl (C=O) groups excluding carboxylic acids is 1. The number of amides is 1. The normalized spacial score (nSPS) is 48.0. The number of hydrogen-bond acceptors (Lipinski definition) is 21. The van der Waals surface area contributed by atoms with Crippen LogP contribution in [0.25, 0.3) is 0 Å². The minimum atomic E-state index is -1.73. The average Bonchev–Trinajstić information content (AvgIpc) is 3.45. The molecular weight excluding hydrogens is 744 g/mol. The van der Waals surface area contributed by atoms with Gasteiger partial charge in [-0.25, -0.2) is 0 Å². The zero-order valence-corrected chi connectivity index (χ0v) is 31.2. The monoisotopic (exact) mass is 806 g/mol. The Bertz CT molecular complexity index is 1330. The number of nitrogens with two attached hydrogens (primary N) is 5. The Morgan fingerprint density at radius 2 is 1.48 bits per heavy atom. The molecule has 0 aromatic carbocycles. The van der Waals surface area contributed by atoms with Crippen LogP contribution in [0.5, 0.6) is 0 Å². The Balaban J connectivity index is 1.17. The summed E-state index contributed by atoms with van der Waals surface area (Å²) in [5, 5.41) is 85.0. The van der Waals surface area contributed by atoms with Gasteiger partial charge in [0.2, 0.25) is 0 Å². The van der Waals surface area contributed by atoms with E-state index in [9.17, 15) is 40.5 Å². The number of rotatable bonds is 14. The summed E-state index contributed by atoms with van der Waals surface area (Å²) in [5.74, 6) is -0.751. The second-order valence-corrected chi connectivity index (χ2v) is 16.1. The van der Waals surface area contributed by atoms with Gasteiger partial charge in [-0.2, -0.15) is 0 Å². The Hall–Kier alpha value is -1.59. The van der Waals surface area contributed by atoms with Crippen molar-refractivity contribution < 1.29 is 69.0 Å². The quantitative estimate of drug-likeness (QED) is 0.0725. The summed E-state index contributed by atoms with van der Waals surface area (Å²) in [4.78, 5) is 13.1. The molecule has 22 nitrogen and oxygen atoms in total. The van der Waals surface area contributed by atoms with E-state index in [2.05, 4.69) is 16.0 Å². The van der Waals surface area contributed by atoms with E-state index in [4.69, 9.17) is 57.1 Å². The van der Waals surface area contributed by atoms with Crippen LogP contribution < -0.4 is 44.6 Å². The van der Waals surface area contributed by atoms with Crippen LogP contribution in [0.2, 0.25) is 0 Å². The van der Waals surface area contributed by atoms with Crippen molar-refractivity contribution in [1.82, 2.24) is 16.0 Å². The molecule has 6 rings (SSSR count). The van der Waals surface area contributed by atoms with Gasteiger partial charge in [-0.3, -0.25) is 4.79 Å². The standard InChI is InChI=1S/C34H62N8O14/c35-10-19-23(45)24(46)21(39)30(52-19)55-27-20(12-43)53-31(25(27)47)56-28-22(44)18(42-32(48)34(50)8-14(36)9-34)7-17(38)26(28)54-29-16(37)2-1-15(51-29)11-41-13-33(49)3-5-40-6-4-33/h1-2,14-31,40-41,43-47,49-50H,3-13,35-39H2,(H,42,48)/t14?,15-,16+,17-,18+,19-,20+,21+,22-,23+,24+,25+,26+,27+,28+,29+,30+,31-,34?/m0/s1. The van der Waals surface area contributed by atoms with Crippen LogP contribution in [-0.2, 0) is 33.2 Å². The third-order valence-electron chi connectivity index (χ3n) is 11.8. The number of piperidine rings is 1. The van der Waals surface area contributed by atoms with Gasteiger partial charge in [0.15, 0.2) is 18.9 Å². The molecule has 0 bridgehead atoms. The molecule has 20 N–H and O–H groups in total. The van der Waals surface area contributed by atoms with Crippen LogP contribution in [0.4, 0.5) is 0 Å². The van der Waals surface area contributed by atoms with E-state index in [1.165, 1.54) is 0 Å². The molecule has 322 valence electrons. The molecule has 0 aromatic rings. The summed E-state index contributed by atoms with van der Waals surface area (Å²) >= 11 is 0. The molecule has 0 radical (unpaired) electrons. The van der Waals surface area contributed by atoms with Crippen molar-refractivity contribution in [2.24, 2.45) is 28.7 Å². The van der Waals surface area contributed by atoms with Crippen molar-refractivity contribution in [3.8, 4) is 0 Å². The first-order valence-corrected chi connectivity index (χ1v) is 19.4. The zero-order valence-electron chi connectivity index (χ0n) is 31.2. The van der Waals surface area contributed by atoms with E-state index in [0.29, 0.717) is 39.0 Å². The minimum absolute atomic E-state index is 0.0265. The molecule has 17 atom stereocenters. The molecule has 0 unspecified atom stereocenters. The van der Waals surface area contributed by atoms with Crippen molar-refractivity contribution in [3.05, 3.63) is 12.2 Å². The number of carbonyl (C=O) groups is 1. The number of aliphatic hydroxyl groups is 7. The fourth-order valence-corrected chi connectivity index (χ4v) is 8.28. The maximum Gasteiger partial charge on any atom is 0.252 e. The van der Waals surface area contributed by atoms with Gasteiger partial charge in [0, 0.05) is 44.6 Å². The Morgan fingerprint density at radius 1 is 0.821 bits per heavy atom. The Kier molecular flexibility index (Phi) is 14.4. The lowest BCUT2D eigenvalue weighted by atomic mass is 9.75. The van der Waals surface area contributed by atoms with Crippen LogP contribution >= 0.6 is 0 Å². The highest BCUT2D eigenvalue weighted by Crippen LogP contribution is 2.36. The Labute approximate surface area is 324 Å². The molecule has 3 saturated heterocycles. The zero-order chi connectivity index (χ0) is 40.5. The molecule has 4 aliphatic heterocycles. The summed E-state index contributed by atoms with van der Waals surface area (Å²) in [5.41, 5.74) is 28.1. The minimum Gasteiger partial charge on any atom is -0.394 e. The van der Waals surface area contributed by atoms with Crippen LogP contribution in [-0.4, -0.2) is 202 Å². The number of ether oxygens (including phenoxy) is 6. The van der Waals surface area contributed by atoms with E-state index < -0.39 is 128 Å². The van der Waals surface area contributed by atoms with Crippen molar-refractivity contribution >= 4 is 5.91 Å². The molecule has 5 fully saturated rings. The molecular formula is C34H62N8O14. The summed E-state index contributed by atoms with van der Waals surface area (Å²) < 4.78 is 36.2. The molecule has 0 spiro atoms. The average molecular weight is 807 g/mol. The van der Waals surface area contributed by atoms with E-state index in [1.54, 1.807) is 12.2 Å². The number of hydrogen-bond donors (Lipinski definition) is 15. The van der Waals surface area contributed by atoms with Crippen molar-refractivity contribution in [2.45, 2.75) is 153 Å². The van der Waals surface area contributed by atoms with E-state index in [1.807, 2.05) is 0 Å². The van der Waals surface area contributed by atoms with Crippen molar-refractivity contribution in [2.75, 3.05) is 39.3 Å². The lowest BCUT2D eigenvalue weighted by molar-refractivity contribution is -0.284. The maximum absolute atomic E-state index is 13.1. The van der Waals surface area contributed by atoms with E-state index >= 15 is 0 Å². The van der Waals surface area contributed by atoms with E-state index in [-0.39, 0.29) is 31.8 Å². The lowest BCUT2D eigenvalue weighted by Gasteiger charge is -2.47.